The summed E-state index contributed by atoms with van der Waals surface area (Å²) >= 11 is 0. The van der Waals surface area contributed by atoms with Crippen LogP contribution < -0.4 is 10.6 Å². The van der Waals surface area contributed by atoms with E-state index in [9.17, 15) is 13.6 Å². The highest BCUT2D eigenvalue weighted by Crippen LogP contribution is 2.18. The van der Waals surface area contributed by atoms with Crippen LogP contribution in [0.1, 0.15) is 29.7 Å². The van der Waals surface area contributed by atoms with Gasteiger partial charge in [0.1, 0.15) is 0 Å². The van der Waals surface area contributed by atoms with Crippen LogP contribution in [0.2, 0.25) is 0 Å². The van der Waals surface area contributed by atoms with Crippen molar-refractivity contribution < 1.29 is 13.6 Å². The van der Waals surface area contributed by atoms with Gasteiger partial charge in [-0.2, -0.15) is 0 Å². The number of nitrogens with one attached hydrogen (secondary N) is 2. The van der Waals surface area contributed by atoms with Gasteiger partial charge in [0.15, 0.2) is 11.6 Å². The van der Waals surface area contributed by atoms with Crippen LogP contribution in [0.3, 0.4) is 0 Å². The lowest BCUT2D eigenvalue weighted by Gasteiger charge is -2.15. The molecule has 0 saturated heterocycles. The zero-order valence-corrected chi connectivity index (χ0v) is 15.9. The number of halogens is 2. The van der Waals surface area contributed by atoms with E-state index in [0.717, 1.165) is 22.9 Å². The smallest absolute Gasteiger partial charge is 0.244 e. The average Bonchev–Trinajstić information content (AvgIpc) is 2.74. The second kappa shape index (κ2) is 9.59. The predicted octanol–water partition coefficient (Wildman–Crippen LogP) is 4.86. The Labute approximate surface area is 168 Å². The number of carbonyl (C=O) groups is 1. The van der Waals surface area contributed by atoms with Gasteiger partial charge >= 0.3 is 0 Å². The fourth-order valence-corrected chi connectivity index (χ4v) is 2.78. The molecule has 0 fully saturated rings. The molecular weight excluding hydrogens is 372 g/mol. The lowest BCUT2D eigenvalue weighted by molar-refractivity contribution is -0.117. The number of hydrogen-bond donors (Lipinski definition) is 2. The Bertz CT molecular complexity index is 1010. The minimum atomic E-state index is -0.975. The van der Waals surface area contributed by atoms with Crippen molar-refractivity contribution >= 4 is 17.7 Å². The van der Waals surface area contributed by atoms with Crippen molar-refractivity contribution in [3.8, 4) is 0 Å². The number of aromatic nitrogens is 1. The third-order valence-electron chi connectivity index (χ3n) is 4.36. The first-order valence-electron chi connectivity index (χ1n) is 9.18. The van der Waals surface area contributed by atoms with Gasteiger partial charge < -0.3 is 10.6 Å². The molecule has 29 heavy (non-hydrogen) atoms. The standard InChI is InChI=1S/C23H21F2N3O/c1-16(28-22(29)11-10-18-6-3-9-21(24)23(18)25)19-7-2-8-20(13-19)27-15-17-5-4-12-26-14-17/h2-14,16,27H,15H2,1H3,(H,28,29). The molecule has 3 aromatic rings. The summed E-state index contributed by atoms with van der Waals surface area (Å²) < 4.78 is 26.9. The van der Waals surface area contributed by atoms with Crippen LogP contribution in [0.15, 0.2) is 73.1 Å². The van der Waals surface area contributed by atoms with Gasteiger partial charge in [-0.15, -0.1) is 0 Å². The second-order valence-electron chi connectivity index (χ2n) is 6.55. The molecule has 1 unspecified atom stereocenters. The van der Waals surface area contributed by atoms with Crippen LogP contribution in [0.5, 0.6) is 0 Å². The Hall–Kier alpha value is -3.54. The van der Waals surface area contributed by atoms with Crippen molar-refractivity contribution in [3.05, 3.63) is 101 Å². The lowest BCUT2D eigenvalue weighted by Crippen LogP contribution is -2.24. The Morgan fingerprint density at radius 3 is 2.76 bits per heavy atom. The van der Waals surface area contributed by atoms with Crippen molar-refractivity contribution in [2.45, 2.75) is 19.5 Å². The first kappa shape index (κ1) is 20.2. The maximum atomic E-state index is 13.7. The summed E-state index contributed by atoms with van der Waals surface area (Å²) in [5.41, 5.74) is 2.92. The van der Waals surface area contributed by atoms with Gasteiger partial charge in [0.25, 0.3) is 0 Å². The van der Waals surface area contributed by atoms with Crippen molar-refractivity contribution in [3.63, 3.8) is 0 Å². The largest absolute Gasteiger partial charge is 0.381 e. The van der Waals surface area contributed by atoms with Crippen molar-refractivity contribution in [2.75, 3.05) is 5.32 Å². The van der Waals surface area contributed by atoms with E-state index in [1.54, 1.807) is 12.4 Å². The molecule has 0 aliphatic heterocycles. The molecule has 148 valence electrons. The van der Waals surface area contributed by atoms with Crippen LogP contribution in [0.25, 0.3) is 6.08 Å². The molecule has 2 aromatic carbocycles. The summed E-state index contributed by atoms with van der Waals surface area (Å²) in [7, 11) is 0. The molecule has 1 amide bonds. The summed E-state index contributed by atoms with van der Waals surface area (Å²) in [5.74, 6) is -2.32. The Kier molecular flexibility index (Phi) is 6.68. The quantitative estimate of drug-likeness (QED) is 0.564. The minimum Gasteiger partial charge on any atom is -0.381 e. The van der Waals surface area contributed by atoms with Gasteiger partial charge in [-0.1, -0.05) is 30.3 Å². The van der Waals surface area contributed by atoms with E-state index in [1.165, 1.54) is 24.3 Å². The Balaban J connectivity index is 1.59. The minimum absolute atomic E-state index is 0.0226. The molecule has 1 aromatic heterocycles. The highest BCUT2D eigenvalue weighted by Gasteiger charge is 2.09. The summed E-state index contributed by atoms with van der Waals surface area (Å²) in [6.45, 7) is 2.49. The summed E-state index contributed by atoms with van der Waals surface area (Å²) in [4.78, 5) is 16.2. The Morgan fingerprint density at radius 2 is 1.97 bits per heavy atom. The Morgan fingerprint density at radius 1 is 1.14 bits per heavy atom. The fraction of sp³-hybridized carbons (Fsp3) is 0.130. The van der Waals surface area contributed by atoms with Gasteiger partial charge in [0, 0.05) is 36.3 Å². The molecule has 0 radical (unpaired) electrons. The van der Waals surface area contributed by atoms with Gasteiger partial charge in [-0.3, -0.25) is 9.78 Å². The number of rotatable bonds is 7. The molecule has 2 N–H and O–H groups in total. The van der Waals surface area contributed by atoms with Crippen molar-refractivity contribution in [1.29, 1.82) is 0 Å². The topological polar surface area (TPSA) is 54.0 Å². The van der Waals surface area contributed by atoms with Gasteiger partial charge in [0.2, 0.25) is 5.91 Å². The molecule has 0 saturated carbocycles. The monoisotopic (exact) mass is 393 g/mol. The second-order valence-corrected chi connectivity index (χ2v) is 6.55. The highest BCUT2D eigenvalue weighted by atomic mass is 19.2. The first-order chi connectivity index (χ1) is 14.0. The molecule has 0 aliphatic carbocycles. The molecule has 6 heteroatoms. The third kappa shape index (κ3) is 5.72. The summed E-state index contributed by atoms with van der Waals surface area (Å²) in [5, 5.41) is 6.15. The highest BCUT2D eigenvalue weighted by molar-refractivity contribution is 5.92. The van der Waals surface area contributed by atoms with Crippen LogP contribution in [-0.4, -0.2) is 10.9 Å². The normalized spacial score (nSPS) is 12.0. The van der Waals surface area contributed by atoms with Crippen LogP contribution >= 0.6 is 0 Å². The summed E-state index contributed by atoms with van der Waals surface area (Å²) in [6.07, 6.45) is 5.98. The zero-order valence-electron chi connectivity index (χ0n) is 15.9. The van der Waals surface area contributed by atoms with E-state index < -0.39 is 17.5 Å². The fourth-order valence-electron chi connectivity index (χ4n) is 2.78. The van der Waals surface area contributed by atoms with E-state index in [4.69, 9.17) is 0 Å². The number of nitrogens with zero attached hydrogens (tertiary/aromatic N) is 1. The molecule has 4 nitrogen and oxygen atoms in total. The van der Waals surface area contributed by atoms with E-state index in [2.05, 4.69) is 15.6 Å². The number of anilines is 1. The lowest BCUT2D eigenvalue weighted by atomic mass is 10.1. The first-order valence-corrected chi connectivity index (χ1v) is 9.18. The number of carbonyl (C=O) groups excluding carboxylic acids is 1. The molecule has 1 heterocycles. The van der Waals surface area contributed by atoms with E-state index >= 15 is 0 Å². The van der Waals surface area contributed by atoms with Gasteiger partial charge in [0.05, 0.1) is 6.04 Å². The van der Waals surface area contributed by atoms with E-state index in [0.29, 0.717) is 6.54 Å². The molecule has 0 bridgehead atoms. The maximum Gasteiger partial charge on any atom is 0.244 e. The van der Waals surface area contributed by atoms with Crippen molar-refractivity contribution in [2.24, 2.45) is 0 Å². The van der Waals surface area contributed by atoms with E-state index in [1.807, 2.05) is 43.3 Å². The van der Waals surface area contributed by atoms with Crippen LogP contribution in [0, 0.1) is 11.6 Å². The van der Waals surface area contributed by atoms with Crippen LogP contribution in [0.4, 0.5) is 14.5 Å². The zero-order chi connectivity index (χ0) is 20.6. The molecular formula is C23H21F2N3O. The predicted molar refractivity (Wildman–Crippen MR) is 110 cm³/mol. The average molecular weight is 393 g/mol. The SMILES string of the molecule is CC(NC(=O)C=Cc1cccc(F)c1F)c1cccc(NCc2cccnc2)c1. The molecule has 1 atom stereocenters. The summed E-state index contributed by atoms with van der Waals surface area (Å²) in [6, 6.07) is 15.2. The van der Waals surface area contributed by atoms with Gasteiger partial charge in [-0.05, 0) is 48.4 Å². The maximum absolute atomic E-state index is 13.7. The molecule has 0 aliphatic rings. The van der Waals surface area contributed by atoms with Crippen LogP contribution in [-0.2, 0) is 11.3 Å². The number of amides is 1. The van der Waals surface area contributed by atoms with Crippen molar-refractivity contribution in [1.82, 2.24) is 10.3 Å². The van der Waals surface area contributed by atoms with Gasteiger partial charge in [-0.25, -0.2) is 8.78 Å². The molecule has 0 spiro atoms. The van der Waals surface area contributed by atoms with E-state index in [-0.39, 0.29) is 11.6 Å². The number of pyridine rings is 1. The number of benzene rings is 2. The number of hydrogen-bond acceptors (Lipinski definition) is 3. The third-order valence-corrected chi connectivity index (χ3v) is 4.36. The molecule has 3 rings (SSSR count).